The molecule has 0 aliphatic heterocycles. The molecule has 0 aliphatic rings. The SMILES string of the molecule is CCCC(=O)NCc1c(Cl)cnn1C. The van der Waals surface area contributed by atoms with Gasteiger partial charge in [-0.2, -0.15) is 5.10 Å². The van der Waals surface area contributed by atoms with Gasteiger partial charge in [-0.15, -0.1) is 0 Å². The molecule has 0 atom stereocenters. The van der Waals surface area contributed by atoms with E-state index in [1.54, 1.807) is 17.9 Å². The van der Waals surface area contributed by atoms with Crippen LogP contribution in [0.2, 0.25) is 5.02 Å². The van der Waals surface area contributed by atoms with Crippen molar-refractivity contribution in [1.29, 1.82) is 0 Å². The Hall–Kier alpha value is -1.03. The van der Waals surface area contributed by atoms with Crippen molar-refractivity contribution < 1.29 is 4.79 Å². The Labute approximate surface area is 88.2 Å². The molecule has 0 fully saturated rings. The summed E-state index contributed by atoms with van der Waals surface area (Å²) in [7, 11) is 1.80. The quantitative estimate of drug-likeness (QED) is 0.827. The zero-order valence-electron chi connectivity index (χ0n) is 8.38. The highest BCUT2D eigenvalue weighted by Crippen LogP contribution is 2.13. The minimum atomic E-state index is 0.0461. The summed E-state index contributed by atoms with van der Waals surface area (Å²) >= 11 is 5.87. The van der Waals surface area contributed by atoms with Crippen molar-refractivity contribution in [2.24, 2.45) is 7.05 Å². The van der Waals surface area contributed by atoms with E-state index in [0.717, 1.165) is 12.1 Å². The van der Waals surface area contributed by atoms with Crippen LogP contribution in [0.5, 0.6) is 0 Å². The minimum Gasteiger partial charge on any atom is -0.350 e. The first-order chi connectivity index (χ1) is 6.65. The fraction of sp³-hybridized carbons (Fsp3) is 0.556. The van der Waals surface area contributed by atoms with Gasteiger partial charge in [-0.05, 0) is 6.42 Å². The number of hydrogen-bond donors (Lipinski definition) is 1. The molecule has 0 radical (unpaired) electrons. The van der Waals surface area contributed by atoms with Gasteiger partial charge in [0.15, 0.2) is 0 Å². The maximum absolute atomic E-state index is 11.2. The van der Waals surface area contributed by atoms with E-state index >= 15 is 0 Å². The Kier molecular flexibility index (Phi) is 3.95. The van der Waals surface area contributed by atoms with Gasteiger partial charge in [-0.1, -0.05) is 18.5 Å². The lowest BCUT2D eigenvalue weighted by Crippen LogP contribution is -2.23. The molecule has 1 heterocycles. The van der Waals surface area contributed by atoms with Gasteiger partial charge in [-0.3, -0.25) is 9.48 Å². The predicted octanol–water partition coefficient (Wildman–Crippen LogP) is 1.49. The number of aromatic nitrogens is 2. The topological polar surface area (TPSA) is 46.9 Å². The van der Waals surface area contributed by atoms with E-state index in [-0.39, 0.29) is 5.91 Å². The molecule has 0 bridgehead atoms. The molecule has 78 valence electrons. The van der Waals surface area contributed by atoms with Gasteiger partial charge in [0, 0.05) is 13.5 Å². The lowest BCUT2D eigenvalue weighted by Gasteiger charge is -2.05. The van der Waals surface area contributed by atoms with Gasteiger partial charge < -0.3 is 5.32 Å². The molecule has 0 aliphatic carbocycles. The average molecular weight is 216 g/mol. The Morgan fingerprint density at radius 3 is 2.93 bits per heavy atom. The van der Waals surface area contributed by atoms with Crippen molar-refractivity contribution in [1.82, 2.24) is 15.1 Å². The summed E-state index contributed by atoms with van der Waals surface area (Å²) < 4.78 is 1.66. The van der Waals surface area contributed by atoms with E-state index in [2.05, 4.69) is 10.4 Å². The highest BCUT2D eigenvalue weighted by atomic mass is 35.5. The summed E-state index contributed by atoms with van der Waals surface area (Å²) in [6.07, 6.45) is 2.98. The molecule has 14 heavy (non-hydrogen) atoms. The highest BCUT2D eigenvalue weighted by molar-refractivity contribution is 6.31. The molecule has 1 rings (SSSR count). The normalized spacial score (nSPS) is 10.2. The molecule has 1 amide bonds. The van der Waals surface area contributed by atoms with Crippen LogP contribution >= 0.6 is 11.6 Å². The third-order valence-corrected chi connectivity index (χ3v) is 2.26. The molecule has 4 nitrogen and oxygen atoms in total. The van der Waals surface area contributed by atoms with Crippen LogP contribution in [0, 0.1) is 0 Å². The molecule has 1 aromatic rings. The van der Waals surface area contributed by atoms with Crippen LogP contribution in [0.25, 0.3) is 0 Å². The predicted molar refractivity (Wildman–Crippen MR) is 55.0 cm³/mol. The van der Waals surface area contributed by atoms with Crippen LogP contribution < -0.4 is 5.32 Å². The van der Waals surface area contributed by atoms with Crippen LogP contribution in [0.15, 0.2) is 6.20 Å². The van der Waals surface area contributed by atoms with E-state index < -0.39 is 0 Å². The lowest BCUT2D eigenvalue weighted by atomic mass is 10.3. The van der Waals surface area contributed by atoms with Crippen LogP contribution in [-0.4, -0.2) is 15.7 Å². The first-order valence-corrected chi connectivity index (χ1v) is 4.96. The minimum absolute atomic E-state index is 0.0461. The zero-order valence-corrected chi connectivity index (χ0v) is 9.14. The highest BCUT2D eigenvalue weighted by Gasteiger charge is 2.07. The Balaban J connectivity index is 2.49. The van der Waals surface area contributed by atoms with Gasteiger partial charge in [0.05, 0.1) is 23.5 Å². The molecule has 0 spiro atoms. The Bertz CT molecular complexity index is 302. The summed E-state index contributed by atoms with van der Waals surface area (Å²) in [5.41, 5.74) is 0.830. The maximum atomic E-state index is 11.2. The number of aryl methyl sites for hydroxylation is 1. The second-order valence-electron chi connectivity index (χ2n) is 3.09. The zero-order chi connectivity index (χ0) is 10.6. The number of rotatable bonds is 4. The van der Waals surface area contributed by atoms with E-state index in [9.17, 15) is 4.79 Å². The van der Waals surface area contributed by atoms with Crippen molar-refractivity contribution in [2.75, 3.05) is 0 Å². The maximum Gasteiger partial charge on any atom is 0.220 e. The number of carbonyl (C=O) groups is 1. The second-order valence-corrected chi connectivity index (χ2v) is 3.50. The molecular formula is C9H14ClN3O. The smallest absolute Gasteiger partial charge is 0.220 e. The van der Waals surface area contributed by atoms with Crippen LogP contribution in [0.3, 0.4) is 0 Å². The first-order valence-electron chi connectivity index (χ1n) is 4.58. The summed E-state index contributed by atoms with van der Waals surface area (Å²) in [5, 5.41) is 7.34. The van der Waals surface area contributed by atoms with Crippen LogP contribution in [-0.2, 0) is 18.4 Å². The third kappa shape index (κ3) is 2.73. The second kappa shape index (κ2) is 5.00. The van der Waals surface area contributed by atoms with Gasteiger partial charge in [-0.25, -0.2) is 0 Å². The van der Waals surface area contributed by atoms with Gasteiger partial charge in [0.1, 0.15) is 0 Å². The molecule has 1 N–H and O–H groups in total. The number of hydrogen-bond acceptors (Lipinski definition) is 2. The van der Waals surface area contributed by atoms with Gasteiger partial charge in [0.25, 0.3) is 0 Å². The molecular weight excluding hydrogens is 202 g/mol. The summed E-state index contributed by atoms with van der Waals surface area (Å²) in [6.45, 7) is 2.41. The monoisotopic (exact) mass is 215 g/mol. The van der Waals surface area contributed by atoms with Crippen molar-refractivity contribution in [3.63, 3.8) is 0 Å². The summed E-state index contributed by atoms with van der Waals surface area (Å²) in [5.74, 6) is 0.0461. The molecule has 5 heteroatoms. The van der Waals surface area contributed by atoms with E-state index in [1.165, 1.54) is 0 Å². The number of amides is 1. The van der Waals surface area contributed by atoms with Crippen molar-refractivity contribution in [3.05, 3.63) is 16.9 Å². The van der Waals surface area contributed by atoms with Crippen LogP contribution in [0.1, 0.15) is 25.5 Å². The first kappa shape index (κ1) is 11.0. The van der Waals surface area contributed by atoms with E-state index in [0.29, 0.717) is 18.0 Å². The summed E-state index contributed by atoms with van der Waals surface area (Å²) in [4.78, 5) is 11.2. The number of carbonyl (C=O) groups excluding carboxylic acids is 1. The molecule has 0 saturated carbocycles. The Morgan fingerprint density at radius 2 is 2.43 bits per heavy atom. The molecule has 0 aromatic carbocycles. The van der Waals surface area contributed by atoms with Crippen LogP contribution in [0.4, 0.5) is 0 Å². The number of nitrogens with one attached hydrogen (secondary N) is 1. The van der Waals surface area contributed by atoms with Crippen molar-refractivity contribution in [3.8, 4) is 0 Å². The Morgan fingerprint density at radius 1 is 1.71 bits per heavy atom. The van der Waals surface area contributed by atoms with Crippen molar-refractivity contribution >= 4 is 17.5 Å². The van der Waals surface area contributed by atoms with E-state index in [1.807, 2.05) is 6.92 Å². The largest absolute Gasteiger partial charge is 0.350 e. The van der Waals surface area contributed by atoms with Crippen molar-refractivity contribution in [2.45, 2.75) is 26.3 Å². The third-order valence-electron chi connectivity index (χ3n) is 1.94. The fourth-order valence-electron chi connectivity index (χ4n) is 1.13. The summed E-state index contributed by atoms with van der Waals surface area (Å²) in [6, 6.07) is 0. The lowest BCUT2D eigenvalue weighted by molar-refractivity contribution is -0.121. The molecule has 1 aromatic heterocycles. The average Bonchev–Trinajstić information content (AvgIpc) is 2.44. The standard InChI is InChI=1S/C9H14ClN3O/c1-3-4-9(14)11-6-8-7(10)5-12-13(8)2/h5H,3-4,6H2,1-2H3,(H,11,14). The number of nitrogens with zero attached hydrogens (tertiary/aromatic N) is 2. The van der Waals surface area contributed by atoms with E-state index in [4.69, 9.17) is 11.6 Å². The molecule has 0 unspecified atom stereocenters. The van der Waals surface area contributed by atoms with Gasteiger partial charge >= 0.3 is 0 Å². The van der Waals surface area contributed by atoms with Gasteiger partial charge in [0.2, 0.25) is 5.91 Å². The fourth-order valence-corrected chi connectivity index (χ4v) is 1.37. The molecule has 0 saturated heterocycles. The number of halogens is 1.